The Bertz CT molecular complexity index is 688. The van der Waals surface area contributed by atoms with Gasteiger partial charge in [-0.25, -0.2) is 4.68 Å². The van der Waals surface area contributed by atoms with E-state index in [2.05, 4.69) is 5.10 Å². The number of halogens is 2. The summed E-state index contributed by atoms with van der Waals surface area (Å²) in [6, 6.07) is 10.1. The minimum absolute atomic E-state index is 0.0372. The number of benzene rings is 1. The van der Waals surface area contributed by atoms with Gasteiger partial charge in [-0.3, -0.25) is 4.79 Å². The van der Waals surface area contributed by atoms with Crippen molar-refractivity contribution in [3.63, 3.8) is 0 Å². The fourth-order valence-corrected chi connectivity index (χ4v) is 1.68. The molecule has 0 radical (unpaired) electrons. The Morgan fingerprint density at radius 2 is 2.20 bits per heavy atom. The highest BCUT2D eigenvalue weighted by atomic mass is 19.3. The van der Waals surface area contributed by atoms with Gasteiger partial charge in [-0.2, -0.15) is 14.0 Å². The number of nitriles is 1. The molecule has 20 heavy (non-hydrogen) atoms. The van der Waals surface area contributed by atoms with Crippen molar-refractivity contribution >= 4 is 11.7 Å². The third-order valence-electron chi connectivity index (χ3n) is 2.56. The summed E-state index contributed by atoms with van der Waals surface area (Å²) in [6.07, 6.45) is -3.10. The molecule has 1 heterocycles. The number of rotatable bonds is 3. The number of nitrogens with one attached hydrogen (secondary N) is 1. The van der Waals surface area contributed by atoms with Gasteiger partial charge >= 0.3 is 6.43 Å². The SMILES string of the molecule is Cc1cc(NC(=O)C(F)F)nn1-c1cccc(C#N)c1. The number of carbonyl (C=O) groups excluding carboxylic acids is 1. The normalized spacial score (nSPS) is 10.3. The number of aryl methyl sites for hydroxylation is 1. The summed E-state index contributed by atoms with van der Waals surface area (Å²) in [4.78, 5) is 10.9. The molecule has 1 N–H and O–H groups in total. The topological polar surface area (TPSA) is 70.7 Å². The fraction of sp³-hybridized carbons (Fsp3) is 0.154. The predicted octanol–water partition coefficient (Wildman–Crippen LogP) is 2.26. The summed E-state index contributed by atoms with van der Waals surface area (Å²) < 4.78 is 25.8. The summed E-state index contributed by atoms with van der Waals surface area (Å²) >= 11 is 0. The molecule has 1 aromatic heterocycles. The second-order valence-electron chi connectivity index (χ2n) is 4.03. The zero-order valence-corrected chi connectivity index (χ0v) is 10.5. The molecular formula is C13H10F2N4O. The molecule has 0 aliphatic rings. The molecular weight excluding hydrogens is 266 g/mol. The first-order valence-electron chi connectivity index (χ1n) is 5.67. The van der Waals surface area contributed by atoms with Crippen molar-refractivity contribution in [2.75, 3.05) is 5.32 Å². The van der Waals surface area contributed by atoms with Gasteiger partial charge in [0.25, 0.3) is 5.91 Å². The van der Waals surface area contributed by atoms with E-state index in [0.29, 0.717) is 16.9 Å². The number of hydrogen-bond donors (Lipinski definition) is 1. The van der Waals surface area contributed by atoms with Crippen LogP contribution >= 0.6 is 0 Å². The van der Waals surface area contributed by atoms with Crippen molar-refractivity contribution in [1.29, 1.82) is 5.26 Å². The molecule has 0 unspecified atom stereocenters. The molecule has 2 rings (SSSR count). The average Bonchev–Trinajstić information content (AvgIpc) is 2.79. The van der Waals surface area contributed by atoms with Gasteiger partial charge in [0.15, 0.2) is 5.82 Å². The van der Waals surface area contributed by atoms with E-state index in [0.717, 1.165) is 0 Å². The largest absolute Gasteiger partial charge is 0.315 e. The first-order chi connectivity index (χ1) is 9.51. The Hall–Kier alpha value is -2.75. The molecule has 0 spiro atoms. The van der Waals surface area contributed by atoms with Crippen LogP contribution in [0.2, 0.25) is 0 Å². The third-order valence-corrected chi connectivity index (χ3v) is 2.56. The van der Waals surface area contributed by atoms with Crippen molar-refractivity contribution in [3.05, 3.63) is 41.6 Å². The van der Waals surface area contributed by atoms with Crippen LogP contribution in [-0.2, 0) is 4.79 Å². The second-order valence-corrected chi connectivity index (χ2v) is 4.03. The molecule has 0 aliphatic carbocycles. The van der Waals surface area contributed by atoms with E-state index in [1.54, 1.807) is 31.2 Å². The molecule has 0 saturated heterocycles. The number of nitrogens with zero attached hydrogens (tertiary/aromatic N) is 3. The maximum Gasteiger partial charge on any atom is 0.315 e. The highest BCUT2D eigenvalue weighted by Crippen LogP contribution is 2.16. The highest BCUT2D eigenvalue weighted by Gasteiger charge is 2.17. The van der Waals surface area contributed by atoms with E-state index in [1.807, 2.05) is 11.4 Å². The minimum atomic E-state index is -3.10. The van der Waals surface area contributed by atoms with E-state index in [4.69, 9.17) is 5.26 Å². The monoisotopic (exact) mass is 276 g/mol. The van der Waals surface area contributed by atoms with E-state index < -0.39 is 12.3 Å². The lowest BCUT2D eigenvalue weighted by Crippen LogP contribution is -2.20. The number of hydrogen-bond acceptors (Lipinski definition) is 3. The van der Waals surface area contributed by atoms with E-state index in [9.17, 15) is 13.6 Å². The van der Waals surface area contributed by atoms with E-state index in [1.165, 1.54) is 10.7 Å². The minimum Gasteiger partial charge on any atom is -0.304 e. The lowest BCUT2D eigenvalue weighted by molar-refractivity contribution is -0.126. The van der Waals surface area contributed by atoms with Gasteiger partial charge in [0.2, 0.25) is 0 Å². The number of aromatic nitrogens is 2. The smallest absolute Gasteiger partial charge is 0.304 e. The van der Waals surface area contributed by atoms with Crippen LogP contribution in [0.5, 0.6) is 0 Å². The number of alkyl halides is 2. The fourth-order valence-electron chi connectivity index (χ4n) is 1.68. The molecule has 1 aromatic carbocycles. The van der Waals surface area contributed by atoms with Crippen molar-refractivity contribution in [1.82, 2.24) is 9.78 Å². The molecule has 0 fully saturated rings. The summed E-state index contributed by atoms with van der Waals surface area (Å²) in [5.41, 5.74) is 1.71. The van der Waals surface area contributed by atoms with Gasteiger partial charge < -0.3 is 5.32 Å². The molecule has 102 valence electrons. The van der Waals surface area contributed by atoms with Gasteiger partial charge in [0.1, 0.15) is 0 Å². The molecule has 1 amide bonds. The Morgan fingerprint density at radius 3 is 2.85 bits per heavy atom. The number of amides is 1. The van der Waals surface area contributed by atoms with Crippen LogP contribution in [0.4, 0.5) is 14.6 Å². The van der Waals surface area contributed by atoms with Crippen LogP contribution in [0.3, 0.4) is 0 Å². The maximum atomic E-state index is 12.2. The first-order valence-corrected chi connectivity index (χ1v) is 5.67. The molecule has 5 nitrogen and oxygen atoms in total. The van der Waals surface area contributed by atoms with Gasteiger partial charge in [-0.05, 0) is 25.1 Å². The van der Waals surface area contributed by atoms with Gasteiger partial charge in [-0.1, -0.05) is 6.07 Å². The zero-order valence-electron chi connectivity index (χ0n) is 10.5. The second kappa shape index (κ2) is 5.48. The Morgan fingerprint density at radius 1 is 1.45 bits per heavy atom. The summed E-state index contributed by atoms with van der Waals surface area (Å²) in [6.45, 7) is 1.71. The van der Waals surface area contributed by atoms with Crippen molar-refractivity contribution in [2.45, 2.75) is 13.3 Å². The Kier molecular flexibility index (Phi) is 3.75. The van der Waals surface area contributed by atoms with Crippen LogP contribution in [0.15, 0.2) is 30.3 Å². The van der Waals surface area contributed by atoms with Gasteiger partial charge in [0.05, 0.1) is 17.3 Å². The predicted molar refractivity (Wildman–Crippen MR) is 67.6 cm³/mol. The Balaban J connectivity index is 2.32. The van der Waals surface area contributed by atoms with Crippen molar-refractivity contribution in [2.24, 2.45) is 0 Å². The number of carbonyl (C=O) groups is 1. The van der Waals surface area contributed by atoms with Crippen LogP contribution in [0, 0.1) is 18.3 Å². The van der Waals surface area contributed by atoms with Crippen molar-refractivity contribution < 1.29 is 13.6 Å². The molecule has 2 aromatic rings. The molecule has 0 aliphatic heterocycles. The average molecular weight is 276 g/mol. The Labute approximate surface area is 113 Å². The number of anilines is 1. The lowest BCUT2D eigenvalue weighted by Gasteiger charge is -2.04. The quantitative estimate of drug-likeness (QED) is 0.934. The third kappa shape index (κ3) is 2.80. The first kappa shape index (κ1) is 13.7. The van der Waals surface area contributed by atoms with Crippen LogP contribution in [0.25, 0.3) is 5.69 Å². The van der Waals surface area contributed by atoms with Crippen LogP contribution in [-0.4, -0.2) is 22.1 Å². The summed E-state index contributed by atoms with van der Waals surface area (Å²) in [5.74, 6) is -1.37. The van der Waals surface area contributed by atoms with Crippen molar-refractivity contribution in [3.8, 4) is 11.8 Å². The summed E-state index contributed by atoms with van der Waals surface area (Å²) in [5, 5.41) is 14.9. The lowest BCUT2D eigenvalue weighted by atomic mass is 10.2. The van der Waals surface area contributed by atoms with E-state index >= 15 is 0 Å². The zero-order chi connectivity index (χ0) is 14.7. The maximum absolute atomic E-state index is 12.2. The van der Waals surface area contributed by atoms with Crippen LogP contribution < -0.4 is 5.32 Å². The van der Waals surface area contributed by atoms with E-state index in [-0.39, 0.29) is 5.82 Å². The van der Waals surface area contributed by atoms with Gasteiger partial charge in [-0.15, -0.1) is 5.10 Å². The molecule has 0 bridgehead atoms. The summed E-state index contributed by atoms with van der Waals surface area (Å²) in [7, 11) is 0. The molecule has 0 atom stereocenters. The highest BCUT2D eigenvalue weighted by molar-refractivity contribution is 5.92. The van der Waals surface area contributed by atoms with Gasteiger partial charge in [0, 0.05) is 11.8 Å². The molecule has 7 heteroatoms. The van der Waals surface area contributed by atoms with Crippen LogP contribution in [0.1, 0.15) is 11.3 Å². The molecule has 0 saturated carbocycles. The standard InChI is InChI=1S/C13H10F2N4O/c1-8-5-11(17-13(20)12(14)15)18-19(8)10-4-2-3-9(6-10)7-16/h2-6,12H,1H3,(H,17,18,20).